The summed E-state index contributed by atoms with van der Waals surface area (Å²) in [5, 5.41) is 5.62. The lowest BCUT2D eigenvalue weighted by molar-refractivity contribution is -0.115. The lowest BCUT2D eigenvalue weighted by Gasteiger charge is -2.24. The van der Waals surface area contributed by atoms with Crippen LogP contribution in [0.25, 0.3) is 0 Å². The van der Waals surface area contributed by atoms with Crippen LogP contribution < -0.4 is 20.3 Å². The third kappa shape index (κ3) is 4.95. The molecule has 1 aliphatic rings. The van der Waals surface area contributed by atoms with Gasteiger partial charge in [-0.1, -0.05) is 12.1 Å². The molecule has 0 spiro atoms. The molecule has 0 fully saturated rings. The molecular formula is C20H23N3O3S. The normalized spacial score (nSPS) is 13.3. The Morgan fingerprint density at radius 2 is 2.00 bits per heavy atom. The standard InChI is InChI=1S/C20H23N3O3S/c1-14(24)21-15-8-9-18(26-2)16(12-15)22-20(25)13-23-10-5-11-27-19-7-4-3-6-17(19)23/h3-4,6-9,12H,5,10-11,13H2,1-2H3,(H,21,24)(H,22,25). The third-order valence-corrected chi connectivity index (χ3v) is 5.31. The highest BCUT2D eigenvalue weighted by Crippen LogP contribution is 2.33. The molecule has 6 nitrogen and oxygen atoms in total. The minimum Gasteiger partial charge on any atom is -0.495 e. The molecule has 1 heterocycles. The first-order chi connectivity index (χ1) is 13.1. The molecule has 0 aromatic heterocycles. The molecule has 142 valence electrons. The van der Waals surface area contributed by atoms with E-state index in [-0.39, 0.29) is 18.4 Å². The predicted octanol–water partition coefficient (Wildman–Crippen LogP) is 3.59. The summed E-state index contributed by atoms with van der Waals surface area (Å²) in [6.45, 7) is 2.53. The number of hydrogen-bond donors (Lipinski definition) is 2. The molecule has 0 saturated heterocycles. The SMILES string of the molecule is COc1ccc(NC(C)=O)cc1NC(=O)CN1CCCSc2ccccc21. The minimum atomic E-state index is -0.170. The third-order valence-electron chi connectivity index (χ3n) is 4.16. The molecular weight excluding hydrogens is 362 g/mol. The van der Waals surface area contributed by atoms with Crippen molar-refractivity contribution in [2.24, 2.45) is 0 Å². The maximum Gasteiger partial charge on any atom is 0.243 e. The maximum atomic E-state index is 12.7. The van der Waals surface area contributed by atoms with Gasteiger partial charge in [0.25, 0.3) is 0 Å². The smallest absolute Gasteiger partial charge is 0.243 e. The number of carbonyl (C=O) groups is 2. The van der Waals surface area contributed by atoms with Gasteiger partial charge < -0.3 is 20.3 Å². The summed E-state index contributed by atoms with van der Waals surface area (Å²) in [6.07, 6.45) is 1.02. The Kier molecular flexibility index (Phi) is 6.24. The number of benzene rings is 2. The van der Waals surface area contributed by atoms with Crippen molar-refractivity contribution in [3.63, 3.8) is 0 Å². The van der Waals surface area contributed by atoms with E-state index in [4.69, 9.17) is 4.74 Å². The Labute approximate surface area is 163 Å². The van der Waals surface area contributed by atoms with Gasteiger partial charge in [0.2, 0.25) is 11.8 Å². The molecule has 0 bridgehead atoms. The van der Waals surface area contributed by atoms with Crippen molar-refractivity contribution in [2.45, 2.75) is 18.2 Å². The van der Waals surface area contributed by atoms with Crippen molar-refractivity contribution in [3.05, 3.63) is 42.5 Å². The van der Waals surface area contributed by atoms with Crippen molar-refractivity contribution in [1.82, 2.24) is 0 Å². The molecule has 1 aliphatic heterocycles. The first-order valence-electron chi connectivity index (χ1n) is 8.79. The second-order valence-corrected chi connectivity index (χ2v) is 7.37. The Balaban J connectivity index is 1.75. The highest BCUT2D eigenvalue weighted by molar-refractivity contribution is 7.99. The summed E-state index contributed by atoms with van der Waals surface area (Å²) in [6, 6.07) is 13.3. The first-order valence-corrected chi connectivity index (χ1v) is 9.77. The van der Waals surface area contributed by atoms with E-state index >= 15 is 0 Å². The van der Waals surface area contributed by atoms with Crippen LogP contribution in [-0.2, 0) is 9.59 Å². The number of anilines is 3. The molecule has 0 aliphatic carbocycles. The maximum absolute atomic E-state index is 12.7. The van der Waals surface area contributed by atoms with E-state index in [2.05, 4.69) is 27.7 Å². The van der Waals surface area contributed by atoms with Gasteiger partial charge in [0.05, 0.1) is 25.0 Å². The van der Waals surface area contributed by atoms with Crippen LogP contribution in [-0.4, -0.2) is 37.8 Å². The molecule has 0 saturated carbocycles. The van der Waals surface area contributed by atoms with Crippen molar-refractivity contribution in [2.75, 3.05) is 41.5 Å². The number of methoxy groups -OCH3 is 1. The van der Waals surface area contributed by atoms with E-state index in [1.165, 1.54) is 11.8 Å². The van der Waals surface area contributed by atoms with Crippen LogP contribution in [0.2, 0.25) is 0 Å². The van der Waals surface area contributed by atoms with E-state index in [0.29, 0.717) is 17.1 Å². The van der Waals surface area contributed by atoms with Crippen LogP contribution in [0.5, 0.6) is 5.75 Å². The molecule has 7 heteroatoms. The van der Waals surface area contributed by atoms with Gasteiger partial charge >= 0.3 is 0 Å². The fourth-order valence-corrected chi connectivity index (χ4v) is 4.03. The van der Waals surface area contributed by atoms with Crippen molar-refractivity contribution in [1.29, 1.82) is 0 Å². The predicted molar refractivity (Wildman–Crippen MR) is 110 cm³/mol. The van der Waals surface area contributed by atoms with E-state index in [0.717, 1.165) is 24.4 Å². The topological polar surface area (TPSA) is 70.7 Å². The van der Waals surface area contributed by atoms with E-state index < -0.39 is 0 Å². The minimum absolute atomic E-state index is 0.130. The van der Waals surface area contributed by atoms with Crippen molar-refractivity contribution < 1.29 is 14.3 Å². The Morgan fingerprint density at radius 3 is 2.78 bits per heavy atom. The zero-order chi connectivity index (χ0) is 19.2. The van der Waals surface area contributed by atoms with Crippen LogP contribution in [0, 0.1) is 0 Å². The second kappa shape index (κ2) is 8.81. The molecule has 2 aromatic carbocycles. The number of ether oxygens (including phenoxy) is 1. The molecule has 3 rings (SSSR count). The van der Waals surface area contributed by atoms with Crippen LogP contribution in [0.4, 0.5) is 17.1 Å². The summed E-state index contributed by atoms with van der Waals surface area (Å²) in [5.41, 5.74) is 2.23. The Hall–Kier alpha value is -2.67. The lowest BCUT2D eigenvalue weighted by Crippen LogP contribution is -2.34. The van der Waals surface area contributed by atoms with E-state index in [1.54, 1.807) is 25.3 Å². The summed E-state index contributed by atoms with van der Waals surface area (Å²) < 4.78 is 5.33. The van der Waals surface area contributed by atoms with Gasteiger partial charge in [0, 0.05) is 24.1 Å². The van der Waals surface area contributed by atoms with Crippen molar-refractivity contribution in [3.8, 4) is 5.75 Å². The van der Waals surface area contributed by atoms with E-state index in [9.17, 15) is 9.59 Å². The molecule has 2 N–H and O–H groups in total. The zero-order valence-electron chi connectivity index (χ0n) is 15.5. The fourth-order valence-electron chi connectivity index (χ4n) is 3.01. The number of hydrogen-bond acceptors (Lipinski definition) is 5. The molecule has 0 atom stereocenters. The number of fused-ring (bicyclic) bond motifs is 1. The Morgan fingerprint density at radius 1 is 1.19 bits per heavy atom. The van der Waals surface area contributed by atoms with Gasteiger partial charge in [0.15, 0.2) is 0 Å². The molecule has 2 aromatic rings. The number of amides is 2. The summed E-state index contributed by atoms with van der Waals surface area (Å²) >= 11 is 1.82. The highest BCUT2D eigenvalue weighted by atomic mass is 32.2. The monoisotopic (exact) mass is 385 g/mol. The number of rotatable bonds is 5. The molecule has 27 heavy (non-hydrogen) atoms. The quantitative estimate of drug-likeness (QED) is 0.823. The van der Waals surface area contributed by atoms with Gasteiger partial charge in [-0.3, -0.25) is 9.59 Å². The largest absolute Gasteiger partial charge is 0.495 e. The number of para-hydroxylation sites is 1. The second-order valence-electron chi connectivity index (χ2n) is 6.24. The first kappa shape index (κ1) is 19.1. The van der Waals surface area contributed by atoms with Crippen molar-refractivity contribution >= 4 is 40.6 Å². The summed E-state index contributed by atoms with van der Waals surface area (Å²) in [5.74, 6) is 1.29. The average Bonchev–Trinajstić information content (AvgIpc) is 2.84. The molecule has 2 amide bonds. The van der Waals surface area contributed by atoms with Crippen LogP contribution in [0.1, 0.15) is 13.3 Å². The van der Waals surface area contributed by atoms with Crippen LogP contribution in [0.15, 0.2) is 47.4 Å². The average molecular weight is 385 g/mol. The fraction of sp³-hybridized carbons (Fsp3) is 0.300. The van der Waals surface area contributed by atoms with Crippen LogP contribution >= 0.6 is 11.8 Å². The summed E-state index contributed by atoms with van der Waals surface area (Å²) in [7, 11) is 1.55. The number of nitrogens with zero attached hydrogens (tertiary/aromatic N) is 1. The number of thioether (sulfide) groups is 1. The number of nitrogens with one attached hydrogen (secondary N) is 2. The number of carbonyl (C=O) groups excluding carboxylic acids is 2. The van der Waals surface area contributed by atoms with Gasteiger partial charge in [-0.2, -0.15) is 0 Å². The van der Waals surface area contributed by atoms with Gasteiger partial charge in [-0.15, -0.1) is 11.8 Å². The molecule has 0 radical (unpaired) electrons. The van der Waals surface area contributed by atoms with E-state index in [1.807, 2.05) is 23.9 Å². The van der Waals surface area contributed by atoms with Crippen LogP contribution in [0.3, 0.4) is 0 Å². The zero-order valence-corrected chi connectivity index (χ0v) is 16.3. The summed E-state index contributed by atoms with van der Waals surface area (Å²) in [4.78, 5) is 27.3. The molecule has 0 unspecified atom stereocenters. The lowest BCUT2D eigenvalue weighted by atomic mass is 10.2. The van der Waals surface area contributed by atoms with Gasteiger partial charge in [0.1, 0.15) is 5.75 Å². The van der Waals surface area contributed by atoms with Gasteiger partial charge in [-0.25, -0.2) is 0 Å². The Bertz CT molecular complexity index is 841. The highest BCUT2D eigenvalue weighted by Gasteiger charge is 2.18. The van der Waals surface area contributed by atoms with Gasteiger partial charge in [-0.05, 0) is 42.5 Å².